The van der Waals surface area contributed by atoms with Gasteiger partial charge >= 0.3 is 13.6 Å². The van der Waals surface area contributed by atoms with Gasteiger partial charge in [0.05, 0.1) is 25.6 Å². The van der Waals surface area contributed by atoms with E-state index in [0.29, 0.717) is 5.82 Å². The molecule has 2 saturated heterocycles. The first-order valence-corrected chi connectivity index (χ1v) is 17.8. The number of aromatic amines is 1. The Balaban J connectivity index is 1.29. The van der Waals surface area contributed by atoms with Crippen LogP contribution in [0.25, 0.3) is 11.2 Å². The number of aromatic nitrogens is 6. The average molecular weight is 669 g/mol. The number of ether oxygens (including phenoxy) is 1. The van der Waals surface area contributed by atoms with E-state index in [4.69, 9.17) is 28.6 Å². The number of imidazole rings is 1. The van der Waals surface area contributed by atoms with Crippen LogP contribution in [0.5, 0.6) is 0 Å². The minimum Gasteiger partial charge on any atom is -0.369 e. The van der Waals surface area contributed by atoms with Gasteiger partial charge in [0.2, 0.25) is 5.95 Å². The summed E-state index contributed by atoms with van der Waals surface area (Å²) in [7, 11) is 0. The predicted molar refractivity (Wildman–Crippen MR) is 149 cm³/mol. The standard InChI is InChI=1S/C20H24F2N8O8P2S2/c21-12-9(27-11-1-2-24-6-25-11)3-8-4-34-39(32,41)38-16-13(22)10(5-35-40(33,42)37-15(8)12)36-19(16)30-7-26-14-17(30)28-20(23)29-18(14)31/h1-2,6-10,12-13,15-16,19H,3-5H2,(H,32,41)(H,33,42)(H,24,25,27)(H3,23,28,29,31)/t8-,9-,10-,12+,13-,15-,16-,19-,39+,40-/m1/s1. The van der Waals surface area contributed by atoms with Gasteiger partial charge in [-0.05, 0) is 12.5 Å². The molecule has 22 heteroatoms. The molecule has 3 aromatic heterocycles. The van der Waals surface area contributed by atoms with Gasteiger partial charge in [0.1, 0.15) is 36.6 Å². The second-order valence-electron chi connectivity index (χ2n) is 9.74. The third-order valence-corrected chi connectivity index (χ3v) is 10.2. The number of hydrogen-bond donors (Lipinski definition) is 5. The van der Waals surface area contributed by atoms with Crippen LogP contribution in [0.3, 0.4) is 0 Å². The van der Waals surface area contributed by atoms with Crippen molar-refractivity contribution < 1.29 is 40.7 Å². The number of H-pyrrole nitrogens is 1. The Bertz CT molecular complexity index is 1620. The van der Waals surface area contributed by atoms with Gasteiger partial charge in [0.25, 0.3) is 5.56 Å². The fraction of sp³-hybridized carbons (Fsp3) is 0.550. The molecule has 2 bridgehead atoms. The number of nitrogens with one attached hydrogen (secondary N) is 2. The van der Waals surface area contributed by atoms with Crippen LogP contribution in [0.4, 0.5) is 20.5 Å². The second-order valence-corrected chi connectivity index (χ2v) is 15.5. The molecule has 228 valence electrons. The molecule has 4 N–H and O–H groups in total. The molecule has 2 aliphatic heterocycles. The Morgan fingerprint density at radius 3 is 2.57 bits per heavy atom. The molecule has 5 heterocycles. The monoisotopic (exact) mass is 668 g/mol. The molecule has 3 fully saturated rings. The molecule has 42 heavy (non-hydrogen) atoms. The zero-order valence-corrected chi connectivity index (χ0v) is 24.8. The first-order valence-electron chi connectivity index (χ1n) is 12.4. The normalized spacial score (nSPS) is 39.2. The Labute approximate surface area is 245 Å². The first kappa shape index (κ1) is 29.9. The highest BCUT2D eigenvalue weighted by molar-refractivity contribution is 8.44. The Kier molecular flexibility index (Phi) is 8.12. The minimum absolute atomic E-state index is 0.0591. The molecular weight excluding hydrogens is 644 g/mol. The van der Waals surface area contributed by atoms with Gasteiger partial charge < -0.3 is 20.3 Å². The first-order chi connectivity index (χ1) is 19.9. The van der Waals surface area contributed by atoms with E-state index >= 15 is 8.78 Å². The summed E-state index contributed by atoms with van der Waals surface area (Å²) < 4.78 is 86.7. The number of anilines is 2. The number of fused-ring (bicyclic) bond motifs is 4. The van der Waals surface area contributed by atoms with E-state index in [9.17, 15) is 13.9 Å². The van der Waals surface area contributed by atoms with Crippen molar-refractivity contribution in [3.05, 3.63) is 35.3 Å². The Morgan fingerprint density at radius 2 is 1.83 bits per heavy atom. The van der Waals surface area contributed by atoms with Crippen molar-refractivity contribution in [3.63, 3.8) is 0 Å². The summed E-state index contributed by atoms with van der Waals surface area (Å²) >= 11 is 7.99. The summed E-state index contributed by atoms with van der Waals surface area (Å²) in [4.78, 5) is 30.4. The van der Waals surface area contributed by atoms with Crippen molar-refractivity contribution in [1.29, 1.82) is 0 Å². The number of halogens is 2. The fourth-order valence-electron chi connectivity index (χ4n) is 5.11. The number of rotatable bonds is 3. The molecule has 3 aliphatic rings. The lowest BCUT2D eigenvalue weighted by molar-refractivity contribution is -0.0479. The fourth-order valence-corrected chi connectivity index (χ4v) is 8.13. The summed E-state index contributed by atoms with van der Waals surface area (Å²) in [5, 5.41) is 2.92. The molecule has 6 rings (SSSR count). The van der Waals surface area contributed by atoms with Crippen molar-refractivity contribution in [2.45, 2.75) is 49.3 Å². The lowest BCUT2D eigenvalue weighted by atomic mass is 10.1. The number of nitrogen functional groups attached to an aromatic ring is 1. The number of nitrogens with zero attached hydrogens (tertiary/aromatic N) is 5. The van der Waals surface area contributed by atoms with Crippen molar-refractivity contribution in [3.8, 4) is 0 Å². The molecule has 1 saturated carbocycles. The lowest BCUT2D eigenvalue weighted by Crippen LogP contribution is -2.34. The van der Waals surface area contributed by atoms with Crippen LogP contribution in [0.15, 0.2) is 29.7 Å². The molecule has 0 spiro atoms. The summed E-state index contributed by atoms with van der Waals surface area (Å²) in [5.74, 6) is -0.750. The highest BCUT2D eigenvalue weighted by Gasteiger charge is 2.53. The van der Waals surface area contributed by atoms with Crippen molar-refractivity contribution in [2.24, 2.45) is 5.92 Å². The van der Waals surface area contributed by atoms with Crippen molar-refractivity contribution >= 4 is 61.0 Å². The molecule has 1 aliphatic carbocycles. The van der Waals surface area contributed by atoms with E-state index in [1.807, 2.05) is 0 Å². The van der Waals surface area contributed by atoms with Gasteiger partial charge in [-0.1, -0.05) is 24.5 Å². The van der Waals surface area contributed by atoms with Gasteiger partial charge in [0, 0.05) is 12.1 Å². The SMILES string of the molecule is Nc1nc2c(ncn2[C@@H]2O[C@@H]3CO[P@@](=O)(S)O[C@@H]4[C@@H](CO[P@](=O)(S)O[C@@H]2[C@@H]3F)C[C@@H](Nc2ccncn2)[C@@H]4F)c(=O)[nH]1. The van der Waals surface area contributed by atoms with Gasteiger partial charge in [-0.25, -0.2) is 32.9 Å². The number of hydrogen-bond acceptors (Lipinski definition) is 14. The predicted octanol–water partition coefficient (Wildman–Crippen LogP) is 2.46. The topological polar surface area (TPSA) is 208 Å². The largest absolute Gasteiger partial charge is 0.386 e. The van der Waals surface area contributed by atoms with Crippen molar-refractivity contribution in [2.75, 3.05) is 24.3 Å². The number of nitrogens with two attached hydrogens (primary N) is 1. The molecule has 0 amide bonds. The van der Waals surface area contributed by atoms with E-state index in [0.717, 1.165) is 6.33 Å². The maximum absolute atomic E-state index is 15.7. The summed E-state index contributed by atoms with van der Waals surface area (Å²) in [6.07, 6.45) is -5.83. The average Bonchev–Trinajstić information content (AvgIpc) is 3.57. The molecule has 3 aromatic rings. The van der Waals surface area contributed by atoms with Crippen LogP contribution in [0.2, 0.25) is 0 Å². The van der Waals surface area contributed by atoms with E-state index < -0.39 is 81.2 Å². The molecule has 10 atom stereocenters. The van der Waals surface area contributed by atoms with Gasteiger partial charge in [0.15, 0.2) is 23.6 Å². The molecule has 0 unspecified atom stereocenters. The molecule has 0 radical (unpaired) electrons. The maximum atomic E-state index is 15.7. The van der Waals surface area contributed by atoms with Crippen LogP contribution >= 0.6 is 38.1 Å². The van der Waals surface area contributed by atoms with Crippen molar-refractivity contribution in [1.82, 2.24) is 29.5 Å². The van der Waals surface area contributed by atoms with Crippen LogP contribution in [-0.4, -0.2) is 79.4 Å². The van der Waals surface area contributed by atoms with Gasteiger partial charge in [-0.3, -0.25) is 27.9 Å². The van der Waals surface area contributed by atoms with Crippen LogP contribution < -0.4 is 16.6 Å². The zero-order valence-electron chi connectivity index (χ0n) is 21.2. The quantitative estimate of drug-likeness (QED) is 0.201. The summed E-state index contributed by atoms with van der Waals surface area (Å²) in [5.41, 5.74) is 4.79. The summed E-state index contributed by atoms with van der Waals surface area (Å²) in [6.45, 7) is -9.81. The number of alkyl halides is 2. The van der Waals surface area contributed by atoms with Gasteiger partial charge in [-0.15, -0.1) is 0 Å². The smallest absolute Gasteiger partial charge is 0.369 e. The Hall–Kier alpha value is -2.15. The summed E-state index contributed by atoms with van der Waals surface area (Å²) in [6, 6.07) is 0.654. The minimum atomic E-state index is -4.36. The molecule has 0 aromatic carbocycles. The molecular formula is C20H24F2N8O8P2S2. The van der Waals surface area contributed by atoms with E-state index in [1.165, 1.54) is 23.2 Å². The van der Waals surface area contributed by atoms with E-state index in [-0.39, 0.29) is 23.5 Å². The lowest BCUT2D eigenvalue weighted by Gasteiger charge is -2.27. The third kappa shape index (κ3) is 5.96. The molecule has 16 nitrogen and oxygen atoms in total. The second kappa shape index (κ2) is 11.4. The van der Waals surface area contributed by atoms with Crippen LogP contribution in [0.1, 0.15) is 12.6 Å². The van der Waals surface area contributed by atoms with Gasteiger partial charge in [-0.2, -0.15) is 4.98 Å². The third-order valence-electron chi connectivity index (χ3n) is 6.99. The van der Waals surface area contributed by atoms with E-state index in [2.05, 4.69) is 54.7 Å². The highest BCUT2D eigenvalue weighted by atomic mass is 32.7. The van der Waals surface area contributed by atoms with Crippen LogP contribution in [0, 0.1) is 5.92 Å². The van der Waals surface area contributed by atoms with E-state index in [1.54, 1.807) is 0 Å². The Morgan fingerprint density at radius 1 is 1.10 bits per heavy atom. The maximum Gasteiger partial charge on any atom is 0.386 e. The van der Waals surface area contributed by atoms with Crippen LogP contribution in [-0.2, 0) is 32.0 Å². The zero-order chi connectivity index (χ0) is 29.8. The highest BCUT2D eigenvalue weighted by Crippen LogP contribution is 2.60. The number of thiol groups is 2.